The molecule has 0 saturated heterocycles. The maximum absolute atomic E-state index is 5.38. The number of nitrogens with zero attached hydrogens (tertiary/aromatic N) is 4. The van der Waals surface area contributed by atoms with Crippen molar-refractivity contribution in [2.45, 2.75) is 6.92 Å². The zero-order chi connectivity index (χ0) is 9.26. The molecule has 0 amide bonds. The van der Waals surface area contributed by atoms with Crippen LogP contribution in [0.5, 0.6) is 0 Å². The molecular weight excluding hydrogens is 166 g/mol. The summed E-state index contributed by atoms with van der Waals surface area (Å²) < 4.78 is 1.54. The molecule has 0 unspecified atom stereocenters. The van der Waals surface area contributed by atoms with E-state index in [1.54, 1.807) is 10.9 Å². The lowest BCUT2D eigenvalue weighted by molar-refractivity contribution is 0.847. The van der Waals surface area contributed by atoms with E-state index in [2.05, 4.69) is 15.1 Å². The molecule has 2 aromatic rings. The Bertz CT molecular complexity index is 420. The smallest absolute Gasteiger partial charge is 0.239 e. The number of anilines is 1. The summed E-state index contributed by atoms with van der Waals surface area (Å²) in [6.45, 7) is 1.99. The first-order valence-electron chi connectivity index (χ1n) is 3.86. The molecule has 5 heteroatoms. The van der Waals surface area contributed by atoms with Crippen molar-refractivity contribution >= 4 is 5.95 Å². The second kappa shape index (κ2) is 2.85. The molecule has 2 heterocycles. The Balaban J connectivity index is 2.46. The van der Waals surface area contributed by atoms with Crippen molar-refractivity contribution in [2.75, 3.05) is 5.73 Å². The number of hydrogen-bond acceptors (Lipinski definition) is 4. The average molecular weight is 175 g/mol. The number of aryl methyl sites for hydroxylation is 1. The molecular formula is C8H9N5. The van der Waals surface area contributed by atoms with E-state index in [0.717, 1.165) is 11.4 Å². The second-order valence-corrected chi connectivity index (χ2v) is 2.74. The van der Waals surface area contributed by atoms with E-state index in [4.69, 9.17) is 5.73 Å². The fourth-order valence-corrected chi connectivity index (χ4v) is 1.03. The zero-order valence-electron chi connectivity index (χ0n) is 7.18. The lowest BCUT2D eigenvalue weighted by Gasteiger charge is -1.98. The van der Waals surface area contributed by atoms with Gasteiger partial charge in [0, 0.05) is 6.20 Å². The summed E-state index contributed by atoms with van der Waals surface area (Å²) in [4.78, 5) is 7.94. The fourth-order valence-electron chi connectivity index (χ4n) is 1.03. The molecule has 0 aliphatic heterocycles. The van der Waals surface area contributed by atoms with E-state index in [1.807, 2.05) is 19.1 Å². The van der Waals surface area contributed by atoms with Gasteiger partial charge in [0.05, 0.1) is 0 Å². The van der Waals surface area contributed by atoms with Crippen LogP contribution >= 0.6 is 0 Å². The third-order valence-electron chi connectivity index (χ3n) is 1.65. The molecule has 13 heavy (non-hydrogen) atoms. The summed E-state index contributed by atoms with van der Waals surface area (Å²) in [5.41, 5.74) is 6.51. The Morgan fingerprint density at radius 2 is 2.23 bits per heavy atom. The highest BCUT2D eigenvalue weighted by atomic mass is 15.4. The predicted molar refractivity (Wildman–Crippen MR) is 48.3 cm³/mol. The van der Waals surface area contributed by atoms with Crippen molar-refractivity contribution in [3.63, 3.8) is 0 Å². The Hall–Kier alpha value is -1.91. The van der Waals surface area contributed by atoms with Crippen molar-refractivity contribution in [3.05, 3.63) is 30.2 Å². The predicted octanol–water partition coefficient (Wildman–Crippen LogP) is 0.553. The first kappa shape index (κ1) is 7.72. The van der Waals surface area contributed by atoms with Crippen LogP contribution in [0.3, 0.4) is 0 Å². The molecule has 2 N–H and O–H groups in total. The number of rotatable bonds is 1. The summed E-state index contributed by atoms with van der Waals surface area (Å²) >= 11 is 0. The van der Waals surface area contributed by atoms with Crippen molar-refractivity contribution < 1.29 is 0 Å². The molecule has 0 atom stereocenters. The molecule has 0 radical (unpaired) electrons. The van der Waals surface area contributed by atoms with Crippen molar-refractivity contribution in [3.8, 4) is 5.82 Å². The molecule has 0 saturated carbocycles. The molecule has 0 aromatic carbocycles. The molecule has 66 valence electrons. The molecule has 5 nitrogen and oxygen atoms in total. The summed E-state index contributed by atoms with van der Waals surface area (Å²) in [5.74, 6) is 0.979. The fraction of sp³-hybridized carbons (Fsp3) is 0.125. The minimum absolute atomic E-state index is 0.253. The SMILES string of the molecule is Cc1ccnc(-n2cnc(N)n2)c1. The van der Waals surface area contributed by atoms with E-state index in [1.165, 1.54) is 6.33 Å². The number of aromatic nitrogens is 4. The number of pyridine rings is 1. The number of hydrogen-bond donors (Lipinski definition) is 1. The lowest BCUT2D eigenvalue weighted by Crippen LogP contribution is -1.98. The van der Waals surface area contributed by atoms with Crippen LogP contribution in [0.1, 0.15) is 5.56 Å². The minimum atomic E-state index is 0.253. The largest absolute Gasteiger partial charge is 0.366 e. The van der Waals surface area contributed by atoms with Crippen LogP contribution in [0.4, 0.5) is 5.95 Å². The molecule has 0 aliphatic rings. The highest BCUT2D eigenvalue weighted by Crippen LogP contribution is 2.04. The third kappa shape index (κ3) is 1.48. The average Bonchev–Trinajstić information content (AvgIpc) is 2.52. The van der Waals surface area contributed by atoms with Crippen molar-refractivity contribution in [1.82, 2.24) is 19.7 Å². The van der Waals surface area contributed by atoms with Gasteiger partial charge in [-0.15, -0.1) is 5.10 Å². The molecule has 0 bridgehead atoms. The van der Waals surface area contributed by atoms with Crippen LogP contribution in [-0.2, 0) is 0 Å². The molecule has 0 spiro atoms. The maximum Gasteiger partial charge on any atom is 0.239 e. The summed E-state index contributed by atoms with van der Waals surface area (Å²) in [6, 6.07) is 3.83. The van der Waals surface area contributed by atoms with Crippen molar-refractivity contribution in [2.24, 2.45) is 0 Å². The zero-order valence-corrected chi connectivity index (χ0v) is 7.18. The standard InChI is InChI=1S/C8H9N5/c1-6-2-3-10-7(4-6)13-5-11-8(9)12-13/h2-5H,1H3,(H2,9,12). The van der Waals surface area contributed by atoms with Gasteiger partial charge < -0.3 is 5.73 Å². The third-order valence-corrected chi connectivity index (χ3v) is 1.65. The quantitative estimate of drug-likeness (QED) is 0.687. The Labute approximate surface area is 75.2 Å². The van der Waals surface area contributed by atoms with Crippen molar-refractivity contribution in [1.29, 1.82) is 0 Å². The summed E-state index contributed by atoms with van der Waals surface area (Å²) in [6.07, 6.45) is 3.26. The van der Waals surface area contributed by atoms with Gasteiger partial charge in [-0.25, -0.2) is 14.6 Å². The van der Waals surface area contributed by atoms with Crippen LogP contribution in [-0.4, -0.2) is 19.7 Å². The highest BCUT2D eigenvalue weighted by Gasteiger charge is 1.99. The summed E-state index contributed by atoms with van der Waals surface area (Å²) in [7, 11) is 0. The van der Waals surface area contributed by atoms with E-state index < -0.39 is 0 Å². The van der Waals surface area contributed by atoms with Crippen LogP contribution < -0.4 is 5.73 Å². The second-order valence-electron chi connectivity index (χ2n) is 2.74. The minimum Gasteiger partial charge on any atom is -0.366 e. The van der Waals surface area contributed by atoms with Gasteiger partial charge in [0.15, 0.2) is 5.82 Å². The summed E-state index contributed by atoms with van der Waals surface area (Å²) in [5, 5.41) is 3.94. The van der Waals surface area contributed by atoms with Crippen LogP contribution in [0, 0.1) is 6.92 Å². The number of nitrogens with two attached hydrogens (primary N) is 1. The first-order chi connectivity index (χ1) is 6.25. The molecule has 0 fully saturated rings. The Morgan fingerprint density at radius 3 is 2.85 bits per heavy atom. The van der Waals surface area contributed by atoms with Gasteiger partial charge in [-0.1, -0.05) is 0 Å². The monoisotopic (exact) mass is 175 g/mol. The Kier molecular flexibility index (Phi) is 1.70. The lowest BCUT2D eigenvalue weighted by atomic mass is 10.3. The van der Waals surface area contributed by atoms with Gasteiger partial charge in [-0.05, 0) is 24.6 Å². The van der Waals surface area contributed by atoms with Gasteiger partial charge in [-0.3, -0.25) is 0 Å². The van der Waals surface area contributed by atoms with Crippen LogP contribution in [0.2, 0.25) is 0 Å². The first-order valence-corrected chi connectivity index (χ1v) is 3.86. The van der Waals surface area contributed by atoms with E-state index >= 15 is 0 Å². The van der Waals surface area contributed by atoms with Gasteiger partial charge in [0.2, 0.25) is 5.95 Å². The van der Waals surface area contributed by atoms with E-state index in [9.17, 15) is 0 Å². The van der Waals surface area contributed by atoms with E-state index in [-0.39, 0.29) is 5.95 Å². The van der Waals surface area contributed by atoms with Gasteiger partial charge in [-0.2, -0.15) is 0 Å². The van der Waals surface area contributed by atoms with Gasteiger partial charge in [0.25, 0.3) is 0 Å². The van der Waals surface area contributed by atoms with E-state index in [0.29, 0.717) is 0 Å². The van der Waals surface area contributed by atoms with Gasteiger partial charge in [0.1, 0.15) is 6.33 Å². The topological polar surface area (TPSA) is 69.6 Å². The molecule has 0 aliphatic carbocycles. The normalized spacial score (nSPS) is 10.2. The van der Waals surface area contributed by atoms with Gasteiger partial charge >= 0.3 is 0 Å². The van der Waals surface area contributed by atoms with Crippen LogP contribution in [0.25, 0.3) is 5.82 Å². The molecule has 2 aromatic heterocycles. The van der Waals surface area contributed by atoms with Crippen LogP contribution in [0.15, 0.2) is 24.7 Å². The maximum atomic E-state index is 5.38. The Morgan fingerprint density at radius 1 is 1.38 bits per heavy atom. The highest BCUT2D eigenvalue weighted by molar-refractivity contribution is 5.26. The molecule has 2 rings (SSSR count). The number of nitrogen functional groups attached to an aromatic ring is 1.